The molecule has 0 spiro atoms. The second kappa shape index (κ2) is 4.62. The van der Waals surface area contributed by atoms with E-state index in [4.69, 9.17) is 0 Å². The molecule has 0 aliphatic heterocycles. The van der Waals surface area contributed by atoms with Crippen molar-refractivity contribution in [2.45, 2.75) is 31.8 Å². The maximum Gasteiger partial charge on any atom is 0.123 e. The van der Waals surface area contributed by atoms with Crippen LogP contribution < -0.4 is 0 Å². The Bertz CT molecular complexity index is 353. The molecule has 2 unspecified atom stereocenters. The van der Waals surface area contributed by atoms with Crippen LogP contribution in [0.2, 0.25) is 0 Å². The van der Waals surface area contributed by atoms with Crippen molar-refractivity contribution in [1.82, 2.24) is 0 Å². The highest BCUT2D eigenvalue weighted by Gasteiger charge is 2.25. The van der Waals surface area contributed by atoms with Gasteiger partial charge < -0.3 is 5.11 Å². The van der Waals surface area contributed by atoms with E-state index in [0.29, 0.717) is 5.92 Å². The van der Waals surface area contributed by atoms with Crippen LogP contribution in [0.5, 0.6) is 0 Å². The summed E-state index contributed by atoms with van der Waals surface area (Å²) >= 11 is 3.41. The second-order valence-corrected chi connectivity index (χ2v) is 5.05. The van der Waals surface area contributed by atoms with E-state index < -0.39 is 0 Å². The van der Waals surface area contributed by atoms with Crippen LogP contribution in [-0.4, -0.2) is 11.2 Å². The number of rotatable bonds is 2. The standard InChI is InChI=1S/C12H14BrFO/c13-11-5-4-10(14)7-9(11)6-8-2-1-3-12(8)15/h4-5,7-8,12,15H,1-3,6H2. The molecule has 1 fully saturated rings. The van der Waals surface area contributed by atoms with E-state index in [9.17, 15) is 9.50 Å². The van der Waals surface area contributed by atoms with E-state index >= 15 is 0 Å². The van der Waals surface area contributed by atoms with Gasteiger partial charge in [-0.2, -0.15) is 0 Å². The van der Waals surface area contributed by atoms with E-state index in [1.165, 1.54) is 6.07 Å². The van der Waals surface area contributed by atoms with Crippen LogP contribution in [0.4, 0.5) is 4.39 Å². The average Bonchev–Trinajstić information content (AvgIpc) is 2.58. The first-order valence-corrected chi connectivity index (χ1v) is 6.08. The van der Waals surface area contributed by atoms with Crippen LogP contribution in [0.25, 0.3) is 0 Å². The fourth-order valence-electron chi connectivity index (χ4n) is 2.24. The van der Waals surface area contributed by atoms with Gasteiger partial charge in [0.1, 0.15) is 5.82 Å². The molecule has 0 aromatic heterocycles. The molecule has 1 saturated carbocycles. The lowest BCUT2D eigenvalue weighted by Crippen LogP contribution is -2.15. The lowest BCUT2D eigenvalue weighted by Gasteiger charge is -2.15. The van der Waals surface area contributed by atoms with Crippen molar-refractivity contribution >= 4 is 15.9 Å². The third-order valence-corrected chi connectivity index (χ3v) is 3.88. The topological polar surface area (TPSA) is 20.2 Å². The lowest BCUT2D eigenvalue weighted by molar-refractivity contribution is 0.132. The van der Waals surface area contributed by atoms with E-state index in [1.807, 2.05) is 0 Å². The van der Waals surface area contributed by atoms with Crippen LogP contribution in [0.15, 0.2) is 22.7 Å². The first-order valence-electron chi connectivity index (χ1n) is 5.29. The number of halogens is 2. The molecule has 2 rings (SSSR count). The molecule has 1 N–H and O–H groups in total. The second-order valence-electron chi connectivity index (χ2n) is 4.20. The van der Waals surface area contributed by atoms with Gasteiger partial charge in [-0.1, -0.05) is 22.4 Å². The highest BCUT2D eigenvalue weighted by molar-refractivity contribution is 9.10. The highest BCUT2D eigenvalue weighted by Crippen LogP contribution is 2.31. The largest absolute Gasteiger partial charge is 0.393 e. The zero-order chi connectivity index (χ0) is 10.8. The summed E-state index contributed by atoms with van der Waals surface area (Å²) in [4.78, 5) is 0. The van der Waals surface area contributed by atoms with Gasteiger partial charge in [-0.05, 0) is 48.9 Å². The highest BCUT2D eigenvalue weighted by atomic mass is 79.9. The summed E-state index contributed by atoms with van der Waals surface area (Å²) in [7, 11) is 0. The van der Waals surface area contributed by atoms with Gasteiger partial charge in [-0.15, -0.1) is 0 Å². The molecule has 0 bridgehead atoms. The van der Waals surface area contributed by atoms with Gasteiger partial charge >= 0.3 is 0 Å². The minimum atomic E-state index is -0.208. The van der Waals surface area contributed by atoms with Gasteiger partial charge in [0, 0.05) is 4.47 Å². The maximum atomic E-state index is 13.0. The van der Waals surface area contributed by atoms with Gasteiger partial charge in [-0.3, -0.25) is 0 Å². The molecule has 2 atom stereocenters. The number of benzene rings is 1. The third kappa shape index (κ3) is 2.58. The van der Waals surface area contributed by atoms with Crippen molar-refractivity contribution in [3.05, 3.63) is 34.1 Å². The average molecular weight is 273 g/mol. The molecule has 1 aliphatic carbocycles. The Balaban J connectivity index is 2.12. The van der Waals surface area contributed by atoms with E-state index in [1.54, 1.807) is 12.1 Å². The van der Waals surface area contributed by atoms with E-state index in [0.717, 1.165) is 35.7 Å². The van der Waals surface area contributed by atoms with Crippen molar-refractivity contribution in [1.29, 1.82) is 0 Å². The third-order valence-electron chi connectivity index (χ3n) is 3.11. The van der Waals surface area contributed by atoms with Gasteiger partial charge in [0.25, 0.3) is 0 Å². The summed E-state index contributed by atoms with van der Waals surface area (Å²) in [6, 6.07) is 4.72. The van der Waals surface area contributed by atoms with Gasteiger partial charge in [0.05, 0.1) is 6.10 Å². The fourth-order valence-corrected chi connectivity index (χ4v) is 2.65. The molecule has 0 amide bonds. The van der Waals surface area contributed by atoms with E-state index in [2.05, 4.69) is 15.9 Å². The maximum absolute atomic E-state index is 13.0. The predicted molar refractivity (Wildman–Crippen MR) is 61.2 cm³/mol. The Kier molecular flexibility index (Phi) is 3.42. The summed E-state index contributed by atoms with van der Waals surface area (Å²) in [6.07, 6.45) is 3.57. The number of hydrogen-bond acceptors (Lipinski definition) is 1. The Labute approximate surface area is 97.4 Å². The molecule has 0 radical (unpaired) electrons. The molecule has 0 saturated heterocycles. The Hall–Kier alpha value is -0.410. The molecule has 1 nitrogen and oxygen atoms in total. The predicted octanol–water partition coefficient (Wildman–Crippen LogP) is 3.29. The minimum absolute atomic E-state index is 0.208. The number of hydrogen-bond donors (Lipinski definition) is 1. The first kappa shape index (κ1) is 11.1. The summed E-state index contributed by atoms with van der Waals surface area (Å²) < 4.78 is 14.0. The number of aliphatic hydroxyl groups excluding tert-OH is 1. The SMILES string of the molecule is OC1CCCC1Cc1cc(F)ccc1Br. The number of aliphatic hydroxyl groups is 1. The van der Waals surface area contributed by atoms with Crippen molar-refractivity contribution in [3.8, 4) is 0 Å². The Morgan fingerprint density at radius 3 is 2.87 bits per heavy atom. The molecule has 15 heavy (non-hydrogen) atoms. The molecule has 82 valence electrons. The van der Waals surface area contributed by atoms with Crippen molar-refractivity contribution in [3.63, 3.8) is 0 Å². The normalized spacial score (nSPS) is 25.8. The molecule has 0 heterocycles. The van der Waals surface area contributed by atoms with Crippen LogP contribution in [0, 0.1) is 11.7 Å². The van der Waals surface area contributed by atoms with Crippen LogP contribution in [0.1, 0.15) is 24.8 Å². The fraction of sp³-hybridized carbons (Fsp3) is 0.500. The van der Waals surface area contributed by atoms with Gasteiger partial charge in [0.15, 0.2) is 0 Å². The lowest BCUT2D eigenvalue weighted by atomic mass is 9.96. The Morgan fingerprint density at radius 2 is 2.20 bits per heavy atom. The molecular formula is C12H14BrFO. The quantitative estimate of drug-likeness (QED) is 0.876. The van der Waals surface area contributed by atoms with E-state index in [-0.39, 0.29) is 11.9 Å². The first-order chi connectivity index (χ1) is 7.16. The van der Waals surface area contributed by atoms with Crippen LogP contribution >= 0.6 is 15.9 Å². The van der Waals surface area contributed by atoms with Gasteiger partial charge in [0.2, 0.25) is 0 Å². The van der Waals surface area contributed by atoms with Crippen molar-refractivity contribution < 1.29 is 9.50 Å². The summed E-state index contributed by atoms with van der Waals surface area (Å²) in [5, 5.41) is 9.70. The summed E-state index contributed by atoms with van der Waals surface area (Å²) in [5.41, 5.74) is 0.959. The van der Waals surface area contributed by atoms with Gasteiger partial charge in [-0.25, -0.2) is 4.39 Å². The molecule has 1 aromatic rings. The van der Waals surface area contributed by atoms with Crippen LogP contribution in [-0.2, 0) is 6.42 Å². The van der Waals surface area contributed by atoms with Crippen LogP contribution in [0.3, 0.4) is 0 Å². The minimum Gasteiger partial charge on any atom is -0.393 e. The molecule has 1 aliphatic rings. The zero-order valence-electron chi connectivity index (χ0n) is 8.42. The van der Waals surface area contributed by atoms with Crippen molar-refractivity contribution in [2.75, 3.05) is 0 Å². The molecule has 1 aromatic carbocycles. The smallest absolute Gasteiger partial charge is 0.123 e. The summed E-state index contributed by atoms with van der Waals surface area (Å²) in [6.45, 7) is 0. The van der Waals surface area contributed by atoms with Crippen molar-refractivity contribution in [2.24, 2.45) is 5.92 Å². The molecular weight excluding hydrogens is 259 g/mol. The monoisotopic (exact) mass is 272 g/mol. The Morgan fingerprint density at radius 1 is 1.40 bits per heavy atom. The molecule has 3 heteroatoms. The summed E-state index contributed by atoms with van der Waals surface area (Å²) in [5.74, 6) is 0.0868. The zero-order valence-corrected chi connectivity index (χ0v) is 10.0.